The maximum Gasteiger partial charge on any atom is 0.394 e. The lowest BCUT2D eigenvalue weighted by Gasteiger charge is -2.18. The molecule has 2 saturated carbocycles. The van der Waals surface area contributed by atoms with Crippen molar-refractivity contribution in [3.05, 3.63) is 0 Å². The molecule has 3 fully saturated rings. The minimum atomic E-state index is -4.58. The second kappa shape index (κ2) is 4.88. The second-order valence-corrected chi connectivity index (χ2v) is 6.47. The highest BCUT2D eigenvalue weighted by Crippen LogP contribution is 2.56. The van der Waals surface area contributed by atoms with E-state index in [4.69, 9.17) is 5.11 Å². The van der Waals surface area contributed by atoms with Gasteiger partial charge in [-0.2, -0.15) is 13.2 Å². The standard InChI is InChI=1S/C14H18F3NO3/c15-14(16,17)10-6-18(5-9(10)13(20)21)12(19)11-7-3-1-2-4-8(7)11/h7-11H,1-6H2,(H,20,21)/t7?,8?,9-,10-,11?/m1/s1. The Morgan fingerprint density at radius 2 is 1.62 bits per heavy atom. The van der Waals surface area contributed by atoms with Gasteiger partial charge in [0.15, 0.2) is 0 Å². The number of fused-ring (bicyclic) bond motifs is 1. The van der Waals surface area contributed by atoms with E-state index in [1.54, 1.807) is 0 Å². The van der Waals surface area contributed by atoms with Crippen LogP contribution in [-0.2, 0) is 9.59 Å². The quantitative estimate of drug-likeness (QED) is 0.850. The van der Waals surface area contributed by atoms with Crippen molar-refractivity contribution in [3.63, 3.8) is 0 Å². The molecule has 7 heteroatoms. The number of carboxylic acid groups (broad SMARTS) is 1. The van der Waals surface area contributed by atoms with E-state index in [1.165, 1.54) is 0 Å². The topological polar surface area (TPSA) is 57.6 Å². The molecule has 1 saturated heterocycles. The number of likely N-dealkylation sites (tertiary alicyclic amines) is 1. The average Bonchev–Trinajstić information content (AvgIpc) is 2.92. The highest BCUT2D eigenvalue weighted by Gasteiger charge is 2.59. The van der Waals surface area contributed by atoms with Crippen LogP contribution in [0.2, 0.25) is 0 Å². The van der Waals surface area contributed by atoms with Gasteiger partial charge in [-0.05, 0) is 24.7 Å². The van der Waals surface area contributed by atoms with Gasteiger partial charge in [-0.25, -0.2) is 0 Å². The fraction of sp³-hybridized carbons (Fsp3) is 0.857. The first-order chi connectivity index (χ1) is 9.80. The van der Waals surface area contributed by atoms with Crippen molar-refractivity contribution >= 4 is 11.9 Å². The Hall–Kier alpha value is -1.27. The summed E-state index contributed by atoms with van der Waals surface area (Å²) in [4.78, 5) is 24.5. The van der Waals surface area contributed by atoms with Crippen molar-refractivity contribution in [1.29, 1.82) is 0 Å². The van der Waals surface area contributed by atoms with E-state index >= 15 is 0 Å². The Morgan fingerprint density at radius 3 is 2.05 bits per heavy atom. The van der Waals surface area contributed by atoms with Crippen LogP contribution >= 0.6 is 0 Å². The maximum atomic E-state index is 12.9. The SMILES string of the molecule is O=C(O)[C@@H]1CN(C(=O)C2C3CCCCC32)C[C@H]1C(F)(F)F. The Bertz CT molecular complexity index is 453. The van der Waals surface area contributed by atoms with Crippen LogP contribution in [-0.4, -0.2) is 41.1 Å². The van der Waals surface area contributed by atoms with Gasteiger partial charge in [0.05, 0.1) is 11.8 Å². The highest BCUT2D eigenvalue weighted by molar-refractivity contribution is 5.84. The first-order valence-corrected chi connectivity index (χ1v) is 7.39. The molecule has 2 unspecified atom stereocenters. The molecular weight excluding hydrogens is 287 g/mol. The molecule has 1 heterocycles. The van der Waals surface area contributed by atoms with Crippen LogP contribution in [0.4, 0.5) is 13.2 Å². The van der Waals surface area contributed by atoms with Crippen LogP contribution < -0.4 is 0 Å². The van der Waals surface area contributed by atoms with Crippen LogP contribution in [0.3, 0.4) is 0 Å². The van der Waals surface area contributed by atoms with Crippen molar-refractivity contribution < 1.29 is 27.9 Å². The molecule has 3 aliphatic rings. The van der Waals surface area contributed by atoms with Crippen molar-refractivity contribution in [2.24, 2.45) is 29.6 Å². The Balaban J connectivity index is 1.70. The van der Waals surface area contributed by atoms with Crippen LogP contribution in [0.15, 0.2) is 0 Å². The molecule has 0 radical (unpaired) electrons. The van der Waals surface area contributed by atoms with Crippen LogP contribution in [0, 0.1) is 29.6 Å². The summed E-state index contributed by atoms with van der Waals surface area (Å²) in [6, 6.07) is 0. The molecule has 1 aliphatic heterocycles. The van der Waals surface area contributed by atoms with Crippen molar-refractivity contribution in [1.82, 2.24) is 4.90 Å². The van der Waals surface area contributed by atoms with Gasteiger partial charge in [0.25, 0.3) is 0 Å². The summed E-state index contributed by atoms with van der Waals surface area (Å²) in [5.74, 6) is -4.73. The van der Waals surface area contributed by atoms with Crippen molar-refractivity contribution in [2.75, 3.05) is 13.1 Å². The molecule has 0 aromatic heterocycles. The lowest BCUT2D eigenvalue weighted by molar-refractivity contribution is -0.188. The third-order valence-electron chi connectivity index (χ3n) is 5.31. The maximum absolute atomic E-state index is 12.9. The summed E-state index contributed by atoms with van der Waals surface area (Å²) < 4.78 is 38.8. The van der Waals surface area contributed by atoms with Crippen LogP contribution in [0.1, 0.15) is 25.7 Å². The molecule has 0 bridgehead atoms. The van der Waals surface area contributed by atoms with E-state index in [1.807, 2.05) is 0 Å². The number of nitrogens with zero attached hydrogens (tertiary/aromatic N) is 1. The predicted molar refractivity (Wildman–Crippen MR) is 66.2 cm³/mol. The molecule has 1 amide bonds. The van der Waals surface area contributed by atoms with Gasteiger partial charge < -0.3 is 10.0 Å². The number of aliphatic carboxylic acids is 1. The number of carboxylic acids is 1. The van der Waals surface area contributed by atoms with E-state index in [9.17, 15) is 22.8 Å². The van der Waals surface area contributed by atoms with Gasteiger partial charge in [-0.15, -0.1) is 0 Å². The summed E-state index contributed by atoms with van der Waals surface area (Å²) in [7, 11) is 0. The molecule has 21 heavy (non-hydrogen) atoms. The molecule has 1 N–H and O–H groups in total. The molecule has 0 spiro atoms. The molecule has 3 rings (SSSR count). The summed E-state index contributed by atoms with van der Waals surface area (Å²) in [6.07, 6.45) is -0.476. The van der Waals surface area contributed by atoms with Gasteiger partial charge in [-0.3, -0.25) is 9.59 Å². The number of amides is 1. The van der Waals surface area contributed by atoms with Crippen LogP contribution in [0.25, 0.3) is 0 Å². The van der Waals surface area contributed by atoms with E-state index in [2.05, 4.69) is 0 Å². The summed E-state index contributed by atoms with van der Waals surface area (Å²) >= 11 is 0. The Kier molecular flexibility index (Phi) is 3.41. The largest absolute Gasteiger partial charge is 0.481 e. The number of carbonyl (C=O) groups is 2. The lowest BCUT2D eigenvalue weighted by atomic mass is 9.96. The predicted octanol–water partition coefficient (Wildman–Crippen LogP) is 2.14. The Morgan fingerprint density at radius 1 is 1.05 bits per heavy atom. The smallest absolute Gasteiger partial charge is 0.394 e. The van der Waals surface area contributed by atoms with E-state index in [-0.39, 0.29) is 18.4 Å². The molecule has 4 nitrogen and oxygen atoms in total. The number of carbonyl (C=O) groups excluding carboxylic acids is 1. The second-order valence-electron chi connectivity index (χ2n) is 6.47. The molecule has 118 valence electrons. The van der Waals surface area contributed by atoms with E-state index < -0.39 is 30.5 Å². The third kappa shape index (κ3) is 2.51. The number of hydrogen-bond donors (Lipinski definition) is 1. The number of halogens is 3. The number of rotatable bonds is 2. The summed E-state index contributed by atoms with van der Waals surface area (Å²) in [6.45, 7) is -0.816. The minimum Gasteiger partial charge on any atom is -0.481 e. The van der Waals surface area contributed by atoms with Gasteiger partial charge in [0, 0.05) is 19.0 Å². The highest BCUT2D eigenvalue weighted by atomic mass is 19.4. The monoisotopic (exact) mass is 305 g/mol. The summed E-state index contributed by atoms with van der Waals surface area (Å²) in [5, 5.41) is 8.97. The average molecular weight is 305 g/mol. The number of alkyl halides is 3. The Labute approximate surface area is 120 Å². The van der Waals surface area contributed by atoms with Crippen molar-refractivity contribution in [2.45, 2.75) is 31.9 Å². The molecule has 2 aliphatic carbocycles. The third-order valence-corrected chi connectivity index (χ3v) is 5.31. The van der Waals surface area contributed by atoms with Gasteiger partial charge in [0.1, 0.15) is 0 Å². The van der Waals surface area contributed by atoms with Gasteiger partial charge >= 0.3 is 12.1 Å². The molecular formula is C14H18F3NO3. The zero-order valence-corrected chi connectivity index (χ0v) is 11.5. The lowest BCUT2D eigenvalue weighted by Crippen LogP contribution is -2.34. The zero-order valence-electron chi connectivity index (χ0n) is 11.5. The fourth-order valence-electron chi connectivity index (χ4n) is 4.14. The first-order valence-electron chi connectivity index (χ1n) is 7.39. The van der Waals surface area contributed by atoms with Gasteiger partial charge in [-0.1, -0.05) is 12.8 Å². The molecule has 0 aromatic rings. The molecule has 4 atom stereocenters. The minimum absolute atomic E-state index is 0.158. The van der Waals surface area contributed by atoms with E-state index in [0.29, 0.717) is 11.8 Å². The van der Waals surface area contributed by atoms with Crippen LogP contribution in [0.5, 0.6) is 0 Å². The number of hydrogen-bond acceptors (Lipinski definition) is 2. The first kappa shape index (κ1) is 14.7. The summed E-state index contributed by atoms with van der Waals surface area (Å²) in [5.41, 5.74) is 0. The zero-order chi connectivity index (χ0) is 15.4. The molecule has 0 aromatic carbocycles. The van der Waals surface area contributed by atoms with E-state index in [0.717, 1.165) is 30.6 Å². The fourth-order valence-corrected chi connectivity index (χ4v) is 4.14. The normalized spacial score (nSPS) is 39.0. The van der Waals surface area contributed by atoms with Gasteiger partial charge in [0.2, 0.25) is 5.91 Å². The van der Waals surface area contributed by atoms with Crippen molar-refractivity contribution in [3.8, 4) is 0 Å².